The Morgan fingerprint density at radius 1 is 1.17 bits per heavy atom. The maximum Gasteiger partial charge on any atom is 0.162 e. The Labute approximate surface area is 147 Å². The van der Waals surface area contributed by atoms with Gasteiger partial charge in [0.2, 0.25) is 0 Å². The van der Waals surface area contributed by atoms with E-state index in [1.807, 2.05) is 0 Å². The van der Waals surface area contributed by atoms with Crippen molar-refractivity contribution in [1.29, 1.82) is 0 Å². The van der Waals surface area contributed by atoms with Crippen molar-refractivity contribution < 1.29 is 9.47 Å². The van der Waals surface area contributed by atoms with Crippen LogP contribution < -0.4 is 0 Å². The molecule has 134 valence electrons. The molecule has 2 heterocycles. The number of nitrogens with zero attached hydrogens (tertiary/aromatic N) is 1. The first-order chi connectivity index (χ1) is 11.8. The lowest BCUT2D eigenvalue weighted by atomic mass is 9.85. The summed E-state index contributed by atoms with van der Waals surface area (Å²) in [6.07, 6.45) is 10.0. The van der Waals surface area contributed by atoms with E-state index in [4.69, 9.17) is 9.47 Å². The van der Waals surface area contributed by atoms with Gasteiger partial charge in [-0.2, -0.15) is 0 Å². The molecule has 2 atom stereocenters. The van der Waals surface area contributed by atoms with E-state index in [2.05, 4.69) is 36.1 Å². The third-order valence-corrected chi connectivity index (χ3v) is 5.65. The third-order valence-electron chi connectivity index (χ3n) is 5.65. The molecular weight excluding hydrogens is 298 g/mol. The zero-order valence-corrected chi connectivity index (χ0v) is 15.4. The van der Waals surface area contributed by atoms with Gasteiger partial charge in [-0.25, -0.2) is 0 Å². The molecule has 3 heteroatoms. The fourth-order valence-corrected chi connectivity index (χ4v) is 4.29. The van der Waals surface area contributed by atoms with Gasteiger partial charge in [0.25, 0.3) is 0 Å². The van der Waals surface area contributed by atoms with Crippen LogP contribution in [0.1, 0.15) is 63.0 Å². The van der Waals surface area contributed by atoms with Crippen LogP contribution in [-0.2, 0) is 21.5 Å². The van der Waals surface area contributed by atoms with Crippen molar-refractivity contribution in [3.05, 3.63) is 35.4 Å². The number of rotatable bonds is 8. The van der Waals surface area contributed by atoms with Gasteiger partial charge in [-0.3, -0.25) is 4.90 Å². The Morgan fingerprint density at radius 2 is 1.96 bits per heavy atom. The standard InChI is InChI=1S/C21H33NO2/c1-3-4-5-6-7-10-14-22-15-13-21(17-22)19-12-9-8-11-18(19)16-20(23-2)24-21/h8-9,11-12,20H,3-7,10,13-17H2,1-2H3/t20-,21+/m1/s1. The molecule has 2 aliphatic heterocycles. The van der Waals surface area contributed by atoms with Crippen molar-refractivity contribution in [3.63, 3.8) is 0 Å². The van der Waals surface area contributed by atoms with Crippen molar-refractivity contribution in [2.45, 2.75) is 70.2 Å². The van der Waals surface area contributed by atoms with Crippen LogP contribution in [0.4, 0.5) is 0 Å². The summed E-state index contributed by atoms with van der Waals surface area (Å²) in [5, 5.41) is 0. The summed E-state index contributed by atoms with van der Waals surface area (Å²) >= 11 is 0. The van der Waals surface area contributed by atoms with Crippen LogP contribution in [0.2, 0.25) is 0 Å². The summed E-state index contributed by atoms with van der Waals surface area (Å²) in [4.78, 5) is 2.59. The number of benzene rings is 1. The van der Waals surface area contributed by atoms with Crippen LogP contribution in [0, 0.1) is 0 Å². The van der Waals surface area contributed by atoms with Gasteiger partial charge >= 0.3 is 0 Å². The molecule has 0 bridgehead atoms. The first-order valence-electron chi connectivity index (χ1n) is 9.79. The molecule has 0 aliphatic carbocycles. The highest BCUT2D eigenvalue weighted by atomic mass is 16.7. The first-order valence-corrected chi connectivity index (χ1v) is 9.79. The zero-order valence-electron chi connectivity index (χ0n) is 15.4. The third kappa shape index (κ3) is 4.01. The minimum atomic E-state index is -0.155. The fraction of sp³-hybridized carbons (Fsp3) is 0.714. The quantitative estimate of drug-likeness (QED) is 0.655. The van der Waals surface area contributed by atoms with Gasteiger partial charge < -0.3 is 9.47 Å². The van der Waals surface area contributed by atoms with E-state index in [0.29, 0.717) is 0 Å². The number of methoxy groups -OCH3 is 1. The van der Waals surface area contributed by atoms with Crippen molar-refractivity contribution in [2.75, 3.05) is 26.7 Å². The normalized spacial score (nSPS) is 26.8. The van der Waals surface area contributed by atoms with Gasteiger partial charge in [0.1, 0.15) is 5.60 Å². The second-order valence-electron chi connectivity index (χ2n) is 7.43. The van der Waals surface area contributed by atoms with E-state index >= 15 is 0 Å². The molecule has 0 unspecified atom stereocenters. The Bertz CT molecular complexity index is 518. The molecule has 0 radical (unpaired) electrons. The Kier molecular flexibility index (Phi) is 6.31. The van der Waals surface area contributed by atoms with Gasteiger partial charge in [-0.05, 0) is 30.5 Å². The average molecular weight is 332 g/mol. The van der Waals surface area contributed by atoms with Gasteiger partial charge in [0.15, 0.2) is 6.29 Å². The van der Waals surface area contributed by atoms with Gasteiger partial charge in [-0.1, -0.05) is 63.3 Å². The number of likely N-dealkylation sites (tertiary alicyclic amines) is 1. The topological polar surface area (TPSA) is 21.7 Å². The summed E-state index contributed by atoms with van der Waals surface area (Å²) in [6, 6.07) is 8.78. The van der Waals surface area contributed by atoms with Crippen molar-refractivity contribution in [2.24, 2.45) is 0 Å². The lowest BCUT2D eigenvalue weighted by molar-refractivity contribution is -0.208. The van der Waals surface area contributed by atoms with Crippen LogP contribution in [-0.4, -0.2) is 37.9 Å². The molecule has 1 fully saturated rings. The van der Waals surface area contributed by atoms with Gasteiger partial charge in [0.05, 0.1) is 0 Å². The maximum absolute atomic E-state index is 6.44. The molecule has 0 amide bonds. The Morgan fingerprint density at radius 3 is 2.79 bits per heavy atom. The molecule has 1 spiro atoms. The molecule has 0 N–H and O–H groups in total. The molecular formula is C21H33NO2. The highest BCUT2D eigenvalue weighted by Gasteiger charge is 2.46. The molecule has 0 aromatic heterocycles. The predicted octanol–water partition coefficient (Wildman–Crippen LogP) is 4.49. The average Bonchev–Trinajstić information content (AvgIpc) is 3.01. The molecule has 1 aromatic carbocycles. The fourth-order valence-electron chi connectivity index (χ4n) is 4.29. The van der Waals surface area contributed by atoms with Crippen LogP contribution in [0.15, 0.2) is 24.3 Å². The maximum atomic E-state index is 6.44. The van der Waals surface area contributed by atoms with E-state index in [1.165, 1.54) is 56.2 Å². The van der Waals surface area contributed by atoms with Crippen molar-refractivity contribution >= 4 is 0 Å². The van der Waals surface area contributed by atoms with E-state index < -0.39 is 0 Å². The summed E-state index contributed by atoms with van der Waals surface area (Å²) in [5.74, 6) is 0. The summed E-state index contributed by atoms with van der Waals surface area (Å²) in [5.41, 5.74) is 2.64. The van der Waals surface area contributed by atoms with Crippen LogP contribution in [0.3, 0.4) is 0 Å². The summed E-state index contributed by atoms with van der Waals surface area (Å²) in [7, 11) is 1.76. The molecule has 0 saturated carbocycles. The highest BCUT2D eigenvalue weighted by molar-refractivity contribution is 5.36. The second kappa shape index (κ2) is 8.46. The van der Waals surface area contributed by atoms with E-state index in [0.717, 1.165) is 25.9 Å². The molecule has 2 aliphatic rings. The largest absolute Gasteiger partial charge is 0.355 e. The predicted molar refractivity (Wildman–Crippen MR) is 98.1 cm³/mol. The van der Waals surface area contributed by atoms with E-state index in [1.54, 1.807) is 7.11 Å². The molecule has 24 heavy (non-hydrogen) atoms. The summed E-state index contributed by atoms with van der Waals surface area (Å²) in [6.45, 7) is 5.63. The number of hydrogen-bond acceptors (Lipinski definition) is 3. The highest BCUT2D eigenvalue weighted by Crippen LogP contribution is 2.42. The Balaban J connectivity index is 1.57. The van der Waals surface area contributed by atoms with E-state index in [-0.39, 0.29) is 11.9 Å². The molecule has 3 rings (SSSR count). The van der Waals surface area contributed by atoms with Gasteiger partial charge in [-0.15, -0.1) is 0 Å². The number of hydrogen-bond donors (Lipinski definition) is 0. The van der Waals surface area contributed by atoms with E-state index in [9.17, 15) is 0 Å². The lowest BCUT2D eigenvalue weighted by Crippen LogP contribution is -2.43. The number of fused-ring (bicyclic) bond motifs is 2. The second-order valence-corrected chi connectivity index (χ2v) is 7.43. The zero-order chi connectivity index (χ0) is 16.8. The SMILES string of the molecule is CCCCCCCCN1CC[C@@]2(C1)O[C@@H](OC)Cc1ccccc12. The minimum Gasteiger partial charge on any atom is -0.355 e. The van der Waals surface area contributed by atoms with Crippen molar-refractivity contribution in [3.8, 4) is 0 Å². The monoisotopic (exact) mass is 331 g/mol. The smallest absolute Gasteiger partial charge is 0.162 e. The number of ether oxygens (including phenoxy) is 2. The van der Waals surface area contributed by atoms with Crippen molar-refractivity contribution in [1.82, 2.24) is 4.90 Å². The number of unbranched alkanes of at least 4 members (excludes halogenated alkanes) is 5. The van der Waals surface area contributed by atoms with Gasteiger partial charge in [0, 0.05) is 26.6 Å². The lowest BCUT2D eigenvalue weighted by Gasteiger charge is -2.39. The molecule has 1 saturated heterocycles. The van der Waals surface area contributed by atoms with Crippen LogP contribution in [0.5, 0.6) is 0 Å². The van der Waals surface area contributed by atoms with Crippen LogP contribution >= 0.6 is 0 Å². The first kappa shape index (κ1) is 17.9. The van der Waals surface area contributed by atoms with Crippen LogP contribution in [0.25, 0.3) is 0 Å². The summed E-state index contributed by atoms with van der Waals surface area (Å²) < 4.78 is 12.0. The molecule has 1 aromatic rings. The molecule has 3 nitrogen and oxygen atoms in total. The Hall–Kier alpha value is -0.900. The minimum absolute atomic E-state index is 0.103.